The maximum Gasteiger partial charge on any atom is 0.243 e. The van der Waals surface area contributed by atoms with Gasteiger partial charge in [0.15, 0.2) is 0 Å². The molecular weight excluding hydrogens is 309 g/mol. The van der Waals surface area contributed by atoms with E-state index < -0.39 is 0 Å². The van der Waals surface area contributed by atoms with Crippen LogP contribution in [0.25, 0.3) is 11.4 Å². The largest absolute Gasteiger partial charge is 0.354 e. The molecule has 0 saturated heterocycles. The molecule has 0 spiro atoms. The van der Waals surface area contributed by atoms with Gasteiger partial charge < -0.3 is 5.32 Å². The van der Waals surface area contributed by atoms with Gasteiger partial charge in [0, 0.05) is 12.1 Å². The van der Waals surface area contributed by atoms with E-state index in [0.717, 1.165) is 19.3 Å². The minimum Gasteiger partial charge on any atom is -0.354 e. The van der Waals surface area contributed by atoms with Gasteiger partial charge in [-0.2, -0.15) is 4.80 Å². The Hall–Kier alpha value is -2.31. The van der Waals surface area contributed by atoms with Gasteiger partial charge in [0.25, 0.3) is 0 Å². The van der Waals surface area contributed by atoms with Gasteiger partial charge >= 0.3 is 0 Å². The van der Waals surface area contributed by atoms with Crippen molar-refractivity contribution in [1.29, 1.82) is 0 Å². The van der Waals surface area contributed by atoms with Crippen LogP contribution in [0, 0.1) is 11.7 Å². The quantitative estimate of drug-likeness (QED) is 0.766. The van der Waals surface area contributed by atoms with Crippen LogP contribution < -0.4 is 5.32 Å². The number of hydrogen-bond donors (Lipinski definition) is 1. The molecule has 6 nitrogen and oxygen atoms in total. The second-order valence-electron chi connectivity index (χ2n) is 5.87. The van der Waals surface area contributed by atoms with Crippen LogP contribution in [0.15, 0.2) is 24.3 Å². The lowest BCUT2D eigenvalue weighted by Crippen LogP contribution is -2.32. The van der Waals surface area contributed by atoms with Gasteiger partial charge in [-0.15, -0.1) is 10.2 Å². The van der Waals surface area contributed by atoms with E-state index in [4.69, 9.17) is 0 Å². The highest BCUT2D eigenvalue weighted by atomic mass is 19.1. The molecule has 1 aromatic carbocycles. The Morgan fingerprint density at radius 1 is 1.38 bits per heavy atom. The standard InChI is InChI=1S/C17H24FN5O/c1-3-5-7-13(4-2)11-19-16(24)12-23-21-17(20-22-23)14-8-6-9-15(18)10-14/h6,8-10,13H,3-5,7,11-12H2,1-2H3,(H,19,24)/t13-/m1/s1. The lowest BCUT2D eigenvalue weighted by Gasteiger charge is -2.14. The summed E-state index contributed by atoms with van der Waals surface area (Å²) in [5.41, 5.74) is 0.535. The maximum absolute atomic E-state index is 13.2. The summed E-state index contributed by atoms with van der Waals surface area (Å²) in [6.07, 6.45) is 4.51. The monoisotopic (exact) mass is 333 g/mol. The molecule has 1 aromatic heterocycles. The van der Waals surface area contributed by atoms with Crippen molar-refractivity contribution in [2.75, 3.05) is 6.54 Å². The topological polar surface area (TPSA) is 72.7 Å². The van der Waals surface area contributed by atoms with E-state index in [1.807, 2.05) is 0 Å². The van der Waals surface area contributed by atoms with Gasteiger partial charge in [0.05, 0.1) is 0 Å². The molecule has 1 atom stereocenters. The van der Waals surface area contributed by atoms with E-state index >= 15 is 0 Å². The lowest BCUT2D eigenvalue weighted by atomic mass is 9.99. The van der Waals surface area contributed by atoms with Crippen LogP contribution in [-0.4, -0.2) is 32.7 Å². The average Bonchev–Trinajstić information content (AvgIpc) is 3.03. The molecule has 0 aliphatic rings. The smallest absolute Gasteiger partial charge is 0.243 e. The summed E-state index contributed by atoms with van der Waals surface area (Å²) >= 11 is 0. The Bertz CT molecular complexity index is 658. The molecule has 0 bridgehead atoms. The number of benzene rings is 1. The van der Waals surface area contributed by atoms with Crippen LogP contribution in [0.1, 0.15) is 39.5 Å². The van der Waals surface area contributed by atoms with Crippen molar-refractivity contribution >= 4 is 5.91 Å². The summed E-state index contributed by atoms with van der Waals surface area (Å²) in [7, 11) is 0. The van der Waals surface area contributed by atoms with E-state index in [1.165, 1.54) is 23.4 Å². The van der Waals surface area contributed by atoms with Crippen LogP contribution in [0.5, 0.6) is 0 Å². The van der Waals surface area contributed by atoms with Crippen molar-refractivity contribution in [2.45, 2.75) is 46.1 Å². The fourth-order valence-corrected chi connectivity index (χ4v) is 2.44. The number of nitrogens with zero attached hydrogens (tertiary/aromatic N) is 4. The maximum atomic E-state index is 13.2. The third-order valence-corrected chi connectivity index (χ3v) is 3.95. The molecule has 130 valence electrons. The molecule has 2 rings (SSSR count). The van der Waals surface area contributed by atoms with Gasteiger partial charge in [-0.3, -0.25) is 4.79 Å². The summed E-state index contributed by atoms with van der Waals surface area (Å²) in [6.45, 7) is 4.97. The number of amides is 1. The van der Waals surface area contributed by atoms with Crippen LogP contribution in [0.3, 0.4) is 0 Å². The van der Waals surface area contributed by atoms with Crippen molar-refractivity contribution in [3.63, 3.8) is 0 Å². The highest BCUT2D eigenvalue weighted by Gasteiger charge is 2.12. The molecule has 0 radical (unpaired) electrons. The van der Waals surface area contributed by atoms with Crippen molar-refractivity contribution in [3.8, 4) is 11.4 Å². The molecule has 24 heavy (non-hydrogen) atoms. The van der Waals surface area contributed by atoms with Crippen LogP contribution in [0.2, 0.25) is 0 Å². The van der Waals surface area contributed by atoms with Crippen LogP contribution in [0.4, 0.5) is 4.39 Å². The van der Waals surface area contributed by atoms with Gasteiger partial charge in [0.2, 0.25) is 11.7 Å². The summed E-state index contributed by atoms with van der Waals surface area (Å²) < 4.78 is 13.2. The second kappa shape index (κ2) is 9.10. The highest BCUT2D eigenvalue weighted by Crippen LogP contribution is 2.14. The number of unbranched alkanes of at least 4 members (excludes halogenated alkanes) is 1. The molecule has 0 fully saturated rings. The molecule has 1 amide bonds. The van der Waals surface area contributed by atoms with Gasteiger partial charge in [-0.05, 0) is 29.7 Å². The highest BCUT2D eigenvalue weighted by molar-refractivity contribution is 5.75. The number of halogens is 1. The first-order valence-electron chi connectivity index (χ1n) is 8.42. The Morgan fingerprint density at radius 3 is 2.92 bits per heavy atom. The molecular formula is C17H24FN5O. The zero-order chi connectivity index (χ0) is 17.4. The first-order valence-corrected chi connectivity index (χ1v) is 8.42. The minimum atomic E-state index is -0.362. The Balaban J connectivity index is 1.86. The van der Waals surface area contributed by atoms with Crippen molar-refractivity contribution < 1.29 is 9.18 Å². The number of rotatable bonds is 9. The van der Waals surface area contributed by atoms with Gasteiger partial charge in [0.1, 0.15) is 12.4 Å². The van der Waals surface area contributed by atoms with Gasteiger partial charge in [-0.25, -0.2) is 4.39 Å². The van der Waals surface area contributed by atoms with Crippen molar-refractivity contribution in [2.24, 2.45) is 5.92 Å². The van der Waals surface area contributed by atoms with E-state index in [0.29, 0.717) is 23.9 Å². The van der Waals surface area contributed by atoms with Gasteiger partial charge in [-0.1, -0.05) is 45.2 Å². The number of tetrazole rings is 1. The number of carbonyl (C=O) groups excluding carboxylic acids is 1. The van der Waals surface area contributed by atoms with Crippen molar-refractivity contribution in [3.05, 3.63) is 30.1 Å². The number of aromatic nitrogens is 4. The average molecular weight is 333 g/mol. The minimum absolute atomic E-state index is 0.00648. The SMILES string of the molecule is CCCC[C@@H](CC)CNC(=O)Cn1nnc(-c2cccc(F)c2)n1. The molecule has 1 heterocycles. The number of carbonyl (C=O) groups is 1. The normalized spacial score (nSPS) is 12.1. The third kappa shape index (κ3) is 5.40. The molecule has 0 aliphatic carbocycles. The van der Waals surface area contributed by atoms with Crippen molar-refractivity contribution in [1.82, 2.24) is 25.5 Å². The Kier molecular flexibility index (Phi) is 6.84. The van der Waals surface area contributed by atoms with Crippen LogP contribution >= 0.6 is 0 Å². The van der Waals surface area contributed by atoms with E-state index in [9.17, 15) is 9.18 Å². The molecule has 1 N–H and O–H groups in total. The van der Waals surface area contributed by atoms with E-state index in [-0.39, 0.29) is 18.3 Å². The fourth-order valence-electron chi connectivity index (χ4n) is 2.44. The number of nitrogens with one attached hydrogen (secondary N) is 1. The second-order valence-corrected chi connectivity index (χ2v) is 5.87. The van der Waals surface area contributed by atoms with E-state index in [2.05, 4.69) is 34.6 Å². The number of hydrogen-bond acceptors (Lipinski definition) is 4. The van der Waals surface area contributed by atoms with E-state index in [1.54, 1.807) is 12.1 Å². The first kappa shape index (κ1) is 18.0. The zero-order valence-corrected chi connectivity index (χ0v) is 14.2. The molecule has 0 saturated carbocycles. The first-order chi connectivity index (χ1) is 11.6. The predicted octanol–water partition coefficient (Wildman–Crippen LogP) is 2.81. The molecule has 2 aromatic rings. The summed E-state index contributed by atoms with van der Waals surface area (Å²) in [4.78, 5) is 13.2. The predicted molar refractivity (Wildman–Crippen MR) is 89.5 cm³/mol. The third-order valence-electron chi connectivity index (χ3n) is 3.95. The molecule has 0 unspecified atom stereocenters. The summed E-state index contributed by atoms with van der Waals surface area (Å²) in [5, 5.41) is 14.8. The zero-order valence-electron chi connectivity index (χ0n) is 14.2. The Morgan fingerprint density at radius 2 is 2.21 bits per heavy atom. The molecule has 0 aliphatic heterocycles. The summed E-state index contributed by atoms with van der Waals surface area (Å²) in [5.74, 6) is 0.296. The fraction of sp³-hybridized carbons (Fsp3) is 0.529. The Labute approximate surface area is 141 Å². The summed E-state index contributed by atoms with van der Waals surface area (Å²) in [6, 6.07) is 5.97. The van der Waals surface area contributed by atoms with Crippen LogP contribution in [-0.2, 0) is 11.3 Å². The lowest BCUT2D eigenvalue weighted by molar-refractivity contribution is -0.122. The molecule has 7 heteroatoms.